The van der Waals surface area contributed by atoms with Crippen LogP contribution in [0.2, 0.25) is 0 Å². The van der Waals surface area contributed by atoms with E-state index >= 15 is 0 Å². The molecule has 0 aliphatic heterocycles. The van der Waals surface area contributed by atoms with E-state index in [0.29, 0.717) is 11.1 Å². The molecule has 0 spiro atoms. The van der Waals surface area contributed by atoms with Gasteiger partial charge in [0.15, 0.2) is 0 Å². The molecule has 15 heavy (non-hydrogen) atoms. The Balaban J connectivity index is 2.58. The number of rotatable bonds is 1. The molecule has 2 nitrogen and oxygen atoms in total. The summed E-state index contributed by atoms with van der Waals surface area (Å²) in [5, 5.41) is 18.4. The Hall–Kier alpha value is -2.27. The molecule has 0 fully saturated rings. The first-order valence-corrected chi connectivity index (χ1v) is 4.60. The summed E-state index contributed by atoms with van der Waals surface area (Å²) >= 11 is 0. The highest BCUT2D eigenvalue weighted by Gasteiger charge is 2.04. The molecule has 2 rings (SSSR count). The number of nitriles is 1. The highest BCUT2D eigenvalue weighted by Crippen LogP contribution is 2.29. The predicted octanol–water partition coefficient (Wildman–Crippen LogP) is 2.93. The normalized spacial score (nSPS) is 9.53. The standard InChI is InChI=1S/C13H9NO/c14-9-10-6-7-13(15)12(8-10)11-4-2-1-3-5-11/h1-8,15H. The van der Waals surface area contributed by atoms with Crippen molar-refractivity contribution in [1.82, 2.24) is 0 Å². The van der Waals surface area contributed by atoms with Crippen LogP contribution >= 0.6 is 0 Å². The Morgan fingerprint density at radius 2 is 1.73 bits per heavy atom. The lowest BCUT2D eigenvalue weighted by molar-refractivity contribution is 0.477. The first kappa shape index (κ1) is 9.29. The van der Waals surface area contributed by atoms with Gasteiger partial charge in [-0.25, -0.2) is 0 Å². The maximum absolute atomic E-state index is 9.67. The minimum absolute atomic E-state index is 0.195. The highest BCUT2D eigenvalue weighted by atomic mass is 16.3. The summed E-state index contributed by atoms with van der Waals surface area (Å²) in [5.41, 5.74) is 2.15. The van der Waals surface area contributed by atoms with E-state index < -0.39 is 0 Å². The van der Waals surface area contributed by atoms with Gasteiger partial charge in [0.05, 0.1) is 11.6 Å². The summed E-state index contributed by atoms with van der Waals surface area (Å²) in [5.74, 6) is 0.195. The highest BCUT2D eigenvalue weighted by molar-refractivity contribution is 5.71. The minimum atomic E-state index is 0.195. The Morgan fingerprint density at radius 3 is 2.40 bits per heavy atom. The molecule has 0 aliphatic carbocycles. The number of hydrogen-bond acceptors (Lipinski definition) is 2. The molecule has 0 amide bonds. The molecular formula is C13H9NO. The van der Waals surface area contributed by atoms with Gasteiger partial charge in [0.25, 0.3) is 0 Å². The van der Waals surface area contributed by atoms with Gasteiger partial charge < -0.3 is 5.11 Å². The van der Waals surface area contributed by atoms with Crippen molar-refractivity contribution >= 4 is 0 Å². The summed E-state index contributed by atoms with van der Waals surface area (Å²) in [4.78, 5) is 0. The summed E-state index contributed by atoms with van der Waals surface area (Å²) in [6, 6.07) is 16.4. The molecule has 0 heterocycles. The third-order valence-corrected chi connectivity index (χ3v) is 2.21. The van der Waals surface area contributed by atoms with Crippen molar-refractivity contribution in [2.45, 2.75) is 0 Å². The fourth-order valence-corrected chi connectivity index (χ4v) is 1.45. The molecular weight excluding hydrogens is 186 g/mol. The number of nitrogens with zero attached hydrogens (tertiary/aromatic N) is 1. The number of benzene rings is 2. The summed E-state index contributed by atoms with van der Waals surface area (Å²) in [7, 11) is 0. The molecule has 2 heteroatoms. The zero-order valence-corrected chi connectivity index (χ0v) is 8.01. The van der Waals surface area contributed by atoms with E-state index in [1.54, 1.807) is 18.2 Å². The van der Waals surface area contributed by atoms with E-state index in [9.17, 15) is 5.11 Å². The zero-order chi connectivity index (χ0) is 10.7. The molecule has 0 radical (unpaired) electrons. The molecule has 0 aliphatic rings. The van der Waals surface area contributed by atoms with Crippen molar-refractivity contribution in [3.05, 3.63) is 54.1 Å². The topological polar surface area (TPSA) is 44.0 Å². The van der Waals surface area contributed by atoms with Crippen LogP contribution in [0.4, 0.5) is 0 Å². The number of aromatic hydroxyl groups is 1. The van der Waals surface area contributed by atoms with Gasteiger partial charge in [-0.2, -0.15) is 5.26 Å². The average Bonchev–Trinajstić information content (AvgIpc) is 2.31. The lowest BCUT2D eigenvalue weighted by atomic mass is 10.0. The molecule has 0 bridgehead atoms. The van der Waals surface area contributed by atoms with Crippen LogP contribution in [0.1, 0.15) is 5.56 Å². The van der Waals surface area contributed by atoms with Gasteiger partial charge in [-0.3, -0.25) is 0 Å². The maximum atomic E-state index is 9.67. The molecule has 0 saturated carbocycles. The maximum Gasteiger partial charge on any atom is 0.123 e. The van der Waals surface area contributed by atoms with Crippen LogP contribution in [0.15, 0.2) is 48.5 Å². The minimum Gasteiger partial charge on any atom is -0.507 e. The lowest BCUT2D eigenvalue weighted by Gasteiger charge is -2.04. The molecule has 1 N–H and O–H groups in total. The number of phenols is 1. The van der Waals surface area contributed by atoms with Gasteiger partial charge in [0.2, 0.25) is 0 Å². The molecule has 0 unspecified atom stereocenters. The molecule has 0 saturated heterocycles. The Bertz CT molecular complexity index is 512. The Kier molecular flexibility index (Phi) is 2.38. The van der Waals surface area contributed by atoms with Crippen LogP contribution in [0.25, 0.3) is 11.1 Å². The largest absolute Gasteiger partial charge is 0.507 e. The van der Waals surface area contributed by atoms with Crippen molar-refractivity contribution in [1.29, 1.82) is 5.26 Å². The van der Waals surface area contributed by atoms with Gasteiger partial charge in [0, 0.05) is 5.56 Å². The van der Waals surface area contributed by atoms with Crippen LogP contribution in [0.3, 0.4) is 0 Å². The van der Waals surface area contributed by atoms with Crippen LogP contribution < -0.4 is 0 Å². The quantitative estimate of drug-likeness (QED) is 0.760. The second-order valence-electron chi connectivity index (χ2n) is 3.21. The third kappa shape index (κ3) is 1.82. The van der Waals surface area contributed by atoms with Crippen molar-refractivity contribution in [3.8, 4) is 22.9 Å². The molecule has 0 aromatic heterocycles. The zero-order valence-electron chi connectivity index (χ0n) is 8.01. The molecule has 2 aromatic carbocycles. The van der Waals surface area contributed by atoms with E-state index in [1.165, 1.54) is 0 Å². The Labute approximate surface area is 88.0 Å². The van der Waals surface area contributed by atoms with Gasteiger partial charge in [0.1, 0.15) is 5.75 Å². The first-order valence-electron chi connectivity index (χ1n) is 4.60. The van der Waals surface area contributed by atoms with Crippen LogP contribution in [-0.4, -0.2) is 5.11 Å². The van der Waals surface area contributed by atoms with Crippen LogP contribution in [-0.2, 0) is 0 Å². The van der Waals surface area contributed by atoms with E-state index in [0.717, 1.165) is 5.56 Å². The van der Waals surface area contributed by atoms with Gasteiger partial charge >= 0.3 is 0 Å². The van der Waals surface area contributed by atoms with Gasteiger partial charge in [-0.05, 0) is 23.8 Å². The van der Waals surface area contributed by atoms with Crippen molar-refractivity contribution in [2.24, 2.45) is 0 Å². The van der Waals surface area contributed by atoms with Gasteiger partial charge in [-0.15, -0.1) is 0 Å². The van der Waals surface area contributed by atoms with Crippen molar-refractivity contribution in [3.63, 3.8) is 0 Å². The van der Waals surface area contributed by atoms with Crippen molar-refractivity contribution in [2.75, 3.05) is 0 Å². The van der Waals surface area contributed by atoms with E-state index in [4.69, 9.17) is 5.26 Å². The molecule has 0 atom stereocenters. The van der Waals surface area contributed by atoms with E-state index in [2.05, 4.69) is 6.07 Å². The SMILES string of the molecule is N#Cc1ccc(O)c(-c2ccccc2)c1. The second kappa shape index (κ2) is 3.85. The predicted molar refractivity (Wildman–Crippen MR) is 58.3 cm³/mol. The third-order valence-electron chi connectivity index (χ3n) is 2.21. The van der Waals surface area contributed by atoms with E-state index in [-0.39, 0.29) is 5.75 Å². The van der Waals surface area contributed by atoms with Gasteiger partial charge in [-0.1, -0.05) is 30.3 Å². The monoisotopic (exact) mass is 195 g/mol. The lowest BCUT2D eigenvalue weighted by Crippen LogP contribution is -1.81. The summed E-state index contributed by atoms with van der Waals surface area (Å²) in [6.45, 7) is 0. The average molecular weight is 195 g/mol. The second-order valence-corrected chi connectivity index (χ2v) is 3.21. The summed E-state index contributed by atoms with van der Waals surface area (Å²) < 4.78 is 0. The Morgan fingerprint density at radius 1 is 1.00 bits per heavy atom. The summed E-state index contributed by atoms with van der Waals surface area (Å²) in [6.07, 6.45) is 0. The van der Waals surface area contributed by atoms with Crippen molar-refractivity contribution < 1.29 is 5.11 Å². The number of phenolic OH excluding ortho intramolecular Hbond substituents is 1. The fraction of sp³-hybridized carbons (Fsp3) is 0. The first-order chi connectivity index (χ1) is 7.31. The molecule has 72 valence electrons. The smallest absolute Gasteiger partial charge is 0.123 e. The molecule has 2 aromatic rings. The fourth-order valence-electron chi connectivity index (χ4n) is 1.45. The van der Waals surface area contributed by atoms with E-state index in [1.807, 2.05) is 30.3 Å². The van der Waals surface area contributed by atoms with Crippen LogP contribution in [0, 0.1) is 11.3 Å². The van der Waals surface area contributed by atoms with Crippen LogP contribution in [0.5, 0.6) is 5.75 Å². The number of hydrogen-bond donors (Lipinski definition) is 1.